The van der Waals surface area contributed by atoms with E-state index in [0.717, 1.165) is 16.9 Å². The summed E-state index contributed by atoms with van der Waals surface area (Å²) in [5.41, 5.74) is 1.82. The van der Waals surface area contributed by atoms with Crippen LogP contribution in [0.25, 0.3) is 5.57 Å². The zero-order valence-corrected chi connectivity index (χ0v) is 16.9. The molecule has 26 heavy (non-hydrogen) atoms. The van der Waals surface area contributed by atoms with Crippen LogP contribution in [0.5, 0.6) is 5.75 Å². The van der Waals surface area contributed by atoms with Gasteiger partial charge in [0.1, 0.15) is 5.75 Å². The van der Waals surface area contributed by atoms with Crippen molar-refractivity contribution in [2.24, 2.45) is 0 Å². The summed E-state index contributed by atoms with van der Waals surface area (Å²) < 4.78 is 33.9. The van der Waals surface area contributed by atoms with E-state index in [-0.39, 0.29) is 4.90 Å². The van der Waals surface area contributed by atoms with Gasteiger partial charge in [-0.1, -0.05) is 17.7 Å². The summed E-state index contributed by atoms with van der Waals surface area (Å²) in [6, 6.07) is 11.8. The van der Waals surface area contributed by atoms with E-state index in [2.05, 4.69) is 0 Å². The number of sulfonamides is 1. The summed E-state index contributed by atoms with van der Waals surface area (Å²) in [6.07, 6.45) is 1.97. The van der Waals surface area contributed by atoms with Gasteiger partial charge in [-0.3, -0.25) is 4.31 Å². The number of hydrogen-bond acceptors (Lipinski definition) is 3. The fourth-order valence-electron chi connectivity index (χ4n) is 3.39. The van der Waals surface area contributed by atoms with E-state index in [1.807, 2.05) is 45.9 Å². The second kappa shape index (κ2) is 6.63. The predicted octanol–water partition coefficient (Wildman–Crippen LogP) is 5.13. The first kappa shape index (κ1) is 18.8. The Morgan fingerprint density at radius 3 is 2.38 bits per heavy atom. The molecule has 0 unspecified atom stereocenters. The number of nitrogens with zero attached hydrogens (tertiary/aromatic N) is 1. The first-order valence-electron chi connectivity index (χ1n) is 8.44. The lowest BCUT2D eigenvalue weighted by atomic mass is 9.91. The monoisotopic (exact) mass is 391 g/mol. The normalized spacial score (nSPS) is 16.0. The maximum atomic E-state index is 13.4. The van der Waals surface area contributed by atoms with Crippen LogP contribution < -0.4 is 9.04 Å². The Bertz CT molecular complexity index is 963. The van der Waals surface area contributed by atoms with Crippen molar-refractivity contribution >= 4 is 32.9 Å². The van der Waals surface area contributed by atoms with Crippen molar-refractivity contribution in [3.8, 4) is 5.75 Å². The quantitative estimate of drug-likeness (QED) is 0.725. The van der Waals surface area contributed by atoms with Gasteiger partial charge in [-0.15, -0.1) is 0 Å². The minimum atomic E-state index is -3.76. The number of anilines is 1. The number of benzene rings is 2. The summed E-state index contributed by atoms with van der Waals surface area (Å²) in [4.78, 5) is 0.211. The van der Waals surface area contributed by atoms with Crippen molar-refractivity contribution in [3.05, 3.63) is 59.1 Å². The molecule has 0 bridgehead atoms. The van der Waals surface area contributed by atoms with Gasteiger partial charge in [0.05, 0.1) is 22.7 Å². The number of ether oxygens (including phenoxy) is 1. The fraction of sp³-hybridized carbons (Fsp3) is 0.300. The second-order valence-corrected chi connectivity index (χ2v) is 9.04. The van der Waals surface area contributed by atoms with Crippen LogP contribution in [-0.4, -0.2) is 20.6 Å². The molecule has 0 aromatic heterocycles. The van der Waals surface area contributed by atoms with Gasteiger partial charge in [0, 0.05) is 10.6 Å². The van der Waals surface area contributed by atoms with Crippen molar-refractivity contribution in [1.82, 2.24) is 0 Å². The van der Waals surface area contributed by atoms with Gasteiger partial charge < -0.3 is 4.74 Å². The average Bonchev–Trinajstić information content (AvgIpc) is 2.55. The highest BCUT2D eigenvalue weighted by molar-refractivity contribution is 7.93. The van der Waals surface area contributed by atoms with Gasteiger partial charge in [0.25, 0.3) is 10.0 Å². The number of rotatable bonds is 4. The van der Waals surface area contributed by atoms with E-state index < -0.39 is 15.6 Å². The third kappa shape index (κ3) is 3.21. The molecule has 3 rings (SSSR count). The first-order chi connectivity index (χ1) is 12.2. The molecule has 0 aliphatic carbocycles. The number of hydrogen-bond donors (Lipinski definition) is 0. The highest BCUT2D eigenvalue weighted by Gasteiger charge is 2.40. The molecule has 4 nitrogen and oxygen atoms in total. The predicted molar refractivity (Wildman–Crippen MR) is 106 cm³/mol. The van der Waals surface area contributed by atoms with Crippen LogP contribution in [0.1, 0.15) is 33.3 Å². The number of fused-ring (bicyclic) bond motifs is 1. The van der Waals surface area contributed by atoms with Crippen LogP contribution in [0, 0.1) is 0 Å². The van der Waals surface area contributed by atoms with E-state index in [9.17, 15) is 8.42 Å². The number of allylic oxidation sites excluding steroid dienone is 1. The third-order valence-corrected chi connectivity index (χ3v) is 6.64. The molecule has 6 heteroatoms. The lowest BCUT2D eigenvalue weighted by Gasteiger charge is -2.42. The Kier molecular flexibility index (Phi) is 4.80. The van der Waals surface area contributed by atoms with Crippen LogP contribution in [0.2, 0.25) is 5.02 Å². The van der Waals surface area contributed by atoms with Crippen molar-refractivity contribution in [3.63, 3.8) is 0 Å². The molecular formula is C20H22ClNO3S. The molecule has 0 saturated heterocycles. The molecule has 0 radical (unpaired) electrons. The molecule has 0 atom stereocenters. The van der Waals surface area contributed by atoms with Gasteiger partial charge >= 0.3 is 0 Å². The van der Waals surface area contributed by atoms with Crippen LogP contribution in [0.15, 0.2) is 53.4 Å². The highest BCUT2D eigenvalue weighted by Crippen LogP contribution is 2.43. The maximum absolute atomic E-state index is 13.4. The summed E-state index contributed by atoms with van der Waals surface area (Å²) >= 11 is 5.92. The molecule has 1 aliphatic heterocycles. The minimum absolute atomic E-state index is 0.211. The molecule has 1 heterocycles. The molecule has 0 amide bonds. The summed E-state index contributed by atoms with van der Waals surface area (Å²) in [5.74, 6) is 0.725. The Balaban J connectivity index is 2.19. The molecule has 0 spiro atoms. The summed E-state index contributed by atoms with van der Waals surface area (Å²) in [6.45, 7) is 8.25. The zero-order valence-electron chi connectivity index (χ0n) is 15.3. The van der Waals surface area contributed by atoms with Crippen molar-refractivity contribution in [2.45, 2.75) is 38.1 Å². The van der Waals surface area contributed by atoms with Crippen LogP contribution in [0.3, 0.4) is 0 Å². The molecule has 0 saturated carbocycles. The minimum Gasteiger partial charge on any atom is -0.494 e. The highest BCUT2D eigenvalue weighted by atomic mass is 35.5. The van der Waals surface area contributed by atoms with Crippen LogP contribution in [-0.2, 0) is 10.0 Å². The van der Waals surface area contributed by atoms with Gasteiger partial charge in [0.15, 0.2) is 0 Å². The van der Waals surface area contributed by atoms with E-state index >= 15 is 0 Å². The van der Waals surface area contributed by atoms with Crippen molar-refractivity contribution < 1.29 is 13.2 Å². The van der Waals surface area contributed by atoms with Gasteiger partial charge in [-0.05, 0) is 75.7 Å². The Labute approximate surface area is 160 Å². The van der Waals surface area contributed by atoms with Gasteiger partial charge in [0.2, 0.25) is 0 Å². The molecule has 2 aromatic carbocycles. The van der Waals surface area contributed by atoms with Crippen molar-refractivity contribution in [1.29, 1.82) is 0 Å². The van der Waals surface area contributed by atoms with Gasteiger partial charge in [-0.25, -0.2) is 8.42 Å². The molecule has 2 aromatic rings. The molecular weight excluding hydrogens is 370 g/mol. The summed E-state index contributed by atoms with van der Waals surface area (Å²) in [7, 11) is -3.76. The van der Waals surface area contributed by atoms with E-state index in [0.29, 0.717) is 17.3 Å². The average molecular weight is 392 g/mol. The van der Waals surface area contributed by atoms with Gasteiger partial charge in [-0.2, -0.15) is 0 Å². The Hall–Kier alpha value is -1.98. The van der Waals surface area contributed by atoms with E-state index in [1.165, 1.54) is 16.4 Å². The molecule has 138 valence electrons. The molecule has 0 N–H and O–H groups in total. The second-order valence-electron chi connectivity index (χ2n) is 6.82. The topological polar surface area (TPSA) is 46.6 Å². The molecule has 0 fully saturated rings. The largest absolute Gasteiger partial charge is 0.494 e. The fourth-order valence-corrected chi connectivity index (χ4v) is 5.30. The van der Waals surface area contributed by atoms with E-state index in [4.69, 9.17) is 16.3 Å². The van der Waals surface area contributed by atoms with Crippen LogP contribution >= 0.6 is 11.6 Å². The lowest BCUT2D eigenvalue weighted by molar-refractivity contribution is 0.340. The lowest BCUT2D eigenvalue weighted by Crippen LogP contribution is -2.48. The SMILES string of the molecule is CCOc1ccc2c(c1)C(C)=CC(C)(C)N2S(=O)(=O)c1ccc(Cl)cc1. The Morgan fingerprint density at radius 1 is 1.12 bits per heavy atom. The zero-order chi connectivity index (χ0) is 19.1. The maximum Gasteiger partial charge on any atom is 0.265 e. The third-order valence-electron chi connectivity index (χ3n) is 4.37. The van der Waals surface area contributed by atoms with Crippen LogP contribution in [0.4, 0.5) is 5.69 Å². The van der Waals surface area contributed by atoms with Crippen molar-refractivity contribution in [2.75, 3.05) is 10.9 Å². The smallest absolute Gasteiger partial charge is 0.265 e. The Morgan fingerprint density at radius 2 is 1.77 bits per heavy atom. The standard InChI is InChI=1S/C20H22ClNO3S/c1-5-25-16-8-11-19-18(12-16)14(2)13-20(3,4)22(19)26(23,24)17-9-6-15(21)7-10-17/h6-13H,5H2,1-4H3. The molecule has 1 aliphatic rings. The number of halogens is 1. The first-order valence-corrected chi connectivity index (χ1v) is 10.3. The summed E-state index contributed by atoms with van der Waals surface area (Å²) in [5, 5.41) is 0.499. The van der Waals surface area contributed by atoms with E-state index in [1.54, 1.807) is 18.2 Å².